The van der Waals surface area contributed by atoms with Gasteiger partial charge in [-0.05, 0) is 24.3 Å². The van der Waals surface area contributed by atoms with E-state index in [4.69, 9.17) is 10.5 Å². The van der Waals surface area contributed by atoms with Gasteiger partial charge in [0.15, 0.2) is 0 Å². The van der Waals surface area contributed by atoms with Crippen molar-refractivity contribution in [3.8, 4) is 5.75 Å². The summed E-state index contributed by atoms with van der Waals surface area (Å²) in [7, 11) is 1.44. The number of ether oxygens (including phenoxy) is 1. The Morgan fingerprint density at radius 3 is 2.25 bits per heavy atom. The first kappa shape index (κ1) is 10.8. The van der Waals surface area contributed by atoms with E-state index in [9.17, 15) is 0 Å². The molecule has 0 fully saturated rings. The van der Waals surface area contributed by atoms with E-state index in [-0.39, 0.29) is 24.1 Å². The van der Waals surface area contributed by atoms with Gasteiger partial charge in [0.2, 0.25) is 5.90 Å². The summed E-state index contributed by atoms with van der Waals surface area (Å²) in [4.78, 5) is 0. The highest BCUT2D eigenvalue weighted by Crippen LogP contribution is 2.09. The van der Waals surface area contributed by atoms with Gasteiger partial charge in [0.05, 0.1) is 7.11 Å². The van der Waals surface area contributed by atoms with Crippen LogP contribution in [0.3, 0.4) is 0 Å². The van der Waals surface area contributed by atoms with E-state index >= 15 is 0 Å². The van der Waals surface area contributed by atoms with Crippen molar-refractivity contribution < 1.29 is 9.84 Å². The van der Waals surface area contributed by atoms with Gasteiger partial charge in [0, 0.05) is 5.56 Å². The number of phenolic OH excluding ortho intramolecular Hbond substituents is 1. The van der Waals surface area contributed by atoms with Crippen LogP contribution in [0.15, 0.2) is 24.3 Å². The number of hydrogen-bond donors (Lipinski definition) is 2. The Hall–Kier alpha value is -1.22. The van der Waals surface area contributed by atoms with E-state index in [0.29, 0.717) is 5.56 Å². The van der Waals surface area contributed by atoms with Crippen molar-refractivity contribution in [3.05, 3.63) is 29.8 Å². The first-order valence-corrected chi connectivity index (χ1v) is 3.16. The minimum absolute atomic E-state index is 0. The second-order valence-corrected chi connectivity index (χ2v) is 2.08. The van der Waals surface area contributed by atoms with Gasteiger partial charge in [-0.2, -0.15) is 0 Å². The van der Waals surface area contributed by atoms with Crippen LogP contribution < -0.4 is 0 Å². The topological polar surface area (TPSA) is 53.3 Å². The maximum Gasteiger partial charge on any atom is 0.212 e. The summed E-state index contributed by atoms with van der Waals surface area (Å²) in [5.74, 6) is 0.294. The third kappa shape index (κ3) is 2.43. The number of nitrogens with one attached hydrogen (secondary N) is 1. The molecule has 4 heteroatoms. The van der Waals surface area contributed by atoms with Crippen molar-refractivity contribution in [2.24, 2.45) is 0 Å². The smallest absolute Gasteiger partial charge is 0.212 e. The maximum absolute atomic E-state index is 8.90. The highest BCUT2D eigenvalue weighted by Gasteiger charge is 1.98. The first-order valence-electron chi connectivity index (χ1n) is 3.16. The quantitative estimate of drug-likeness (QED) is 0.520. The predicted molar refractivity (Wildman–Crippen MR) is 49.2 cm³/mol. The zero-order valence-electron chi connectivity index (χ0n) is 6.57. The van der Waals surface area contributed by atoms with E-state index < -0.39 is 0 Å². The van der Waals surface area contributed by atoms with E-state index in [2.05, 4.69) is 4.74 Å². The first-order chi connectivity index (χ1) is 5.24. The number of benzene rings is 1. The van der Waals surface area contributed by atoms with Crippen molar-refractivity contribution in [2.45, 2.75) is 0 Å². The zero-order valence-corrected chi connectivity index (χ0v) is 7.39. The fraction of sp³-hybridized carbons (Fsp3) is 0.125. The monoisotopic (exact) mass is 187 g/mol. The van der Waals surface area contributed by atoms with E-state index in [0.717, 1.165) is 0 Å². The molecule has 1 aromatic carbocycles. The van der Waals surface area contributed by atoms with Gasteiger partial charge in [0.25, 0.3) is 0 Å². The summed E-state index contributed by atoms with van der Waals surface area (Å²) in [5.41, 5.74) is 0.658. The molecule has 0 saturated heterocycles. The maximum atomic E-state index is 8.90. The normalized spacial score (nSPS) is 8.42. The molecule has 0 aliphatic heterocycles. The summed E-state index contributed by atoms with van der Waals surface area (Å²) in [6.07, 6.45) is 0. The Morgan fingerprint density at radius 1 is 1.33 bits per heavy atom. The molecule has 0 radical (unpaired) electrons. The van der Waals surface area contributed by atoms with Crippen molar-refractivity contribution in [1.29, 1.82) is 5.41 Å². The molecule has 1 rings (SSSR count). The van der Waals surface area contributed by atoms with Gasteiger partial charge in [0.1, 0.15) is 5.75 Å². The molecule has 0 bridgehead atoms. The average Bonchev–Trinajstić information content (AvgIpc) is 2.05. The number of aromatic hydroxyl groups is 1. The summed E-state index contributed by atoms with van der Waals surface area (Å²) in [5, 5.41) is 16.1. The fourth-order valence-electron chi connectivity index (χ4n) is 0.731. The molecule has 0 aromatic heterocycles. The van der Waals surface area contributed by atoms with Gasteiger partial charge >= 0.3 is 0 Å². The molecule has 66 valence electrons. The minimum Gasteiger partial charge on any atom is -0.508 e. The van der Waals surface area contributed by atoms with E-state index in [1.165, 1.54) is 19.2 Å². The number of phenols is 1. The molecule has 0 saturated carbocycles. The molecule has 1 aromatic rings. The van der Waals surface area contributed by atoms with Crippen molar-refractivity contribution in [3.63, 3.8) is 0 Å². The lowest BCUT2D eigenvalue weighted by Gasteiger charge is -2.00. The molecule has 0 amide bonds. The predicted octanol–water partition coefficient (Wildman–Crippen LogP) is 1.79. The summed E-state index contributed by atoms with van der Waals surface area (Å²) in [6.45, 7) is 0. The number of hydrogen-bond acceptors (Lipinski definition) is 3. The van der Waals surface area contributed by atoms with Crippen LogP contribution >= 0.6 is 12.4 Å². The Balaban J connectivity index is 0.00000121. The zero-order chi connectivity index (χ0) is 8.27. The van der Waals surface area contributed by atoms with Gasteiger partial charge in [-0.3, -0.25) is 5.41 Å². The standard InChI is InChI=1S/C8H9NO2.ClH/c1-11-8(9)6-2-4-7(10)5-3-6;/h2-5,9-10H,1H3;1H. The van der Waals surface area contributed by atoms with Crippen LogP contribution in [0.5, 0.6) is 5.75 Å². The SMILES string of the molecule is COC(=N)c1ccc(O)cc1.Cl. The molecule has 12 heavy (non-hydrogen) atoms. The van der Waals surface area contributed by atoms with Crippen LogP contribution in [-0.2, 0) is 4.74 Å². The number of halogens is 1. The average molecular weight is 188 g/mol. The Bertz CT molecular complexity index is 258. The molecule has 0 aliphatic rings. The van der Waals surface area contributed by atoms with Crippen LogP contribution in [-0.4, -0.2) is 18.1 Å². The van der Waals surface area contributed by atoms with Gasteiger partial charge in [-0.15, -0.1) is 12.4 Å². The van der Waals surface area contributed by atoms with Crippen LogP contribution in [0.25, 0.3) is 0 Å². The van der Waals surface area contributed by atoms with Gasteiger partial charge in [-0.25, -0.2) is 0 Å². The van der Waals surface area contributed by atoms with Gasteiger partial charge < -0.3 is 9.84 Å². The third-order valence-electron chi connectivity index (χ3n) is 1.33. The van der Waals surface area contributed by atoms with Crippen LogP contribution in [0.2, 0.25) is 0 Å². The highest BCUT2D eigenvalue weighted by molar-refractivity contribution is 5.91. The largest absolute Gasteiger partial charge is 0.508 e. The Kier molecular flexibility index (Phi) is 4.15. The molecule has 0 heterocycles. The van der Waals surface area contributed by atoms with Crippen LogP contribution in [0.1, 0.15) is 5.56 Å². The van der Waals surface area contributed by atoms with Gasteiger partial charge in [-0.1, -0.05) is 0 Å². The van der Waals surface area contributed by atoms with Crippen molar-refractivity contribution in [1.82, 2.24) is 0 Å². The molecule has 0 aliphatic carbocycles. The number of rotatable bonds is 1. The summed E-state index contributed by atoms with van der Waals surface area (Å²) >= 11 is 0. The highest BCUT2D eigenvalue weighted by atomic mass is 35.5. The van der Waals surface area contributed by atoms with Crippen molar-refractivity contribution in [2.75, 3.05) is 7.11 Å². The lowest BCUT2D eigenvalue weighted by molar-refractivity contribution is 0.401. The molecular weight excluding hydrogens is 178 g/mol. The molecule has 0 unspecified atom stereocenters. The molecule has 3 nitrogen and oxygen atoms in total. The molecule has 0 spiro atoms. The third-order valence-corrected chi connectivity index (χ3v) is 1.33. The fourth-order valence-corrected chi connectivity index (χ4v) is 0.731. The molecule has 2 N–H and O–H groups in total. The Morgan fingerprint density at radius 2 is 1.83 bits per heavy atom. The van der Waals surface area contributed by atoms with E-state index in [1.807, 2.05) is 0 Å². The van der Waals surface area contributed by atoms with Crippen LogP contribution in [0, 0.1) is 5.41 Å². The minimum atomic E-state index is 0. The molecular formula is C8H10ClNO2. The summed E-state index contributed by atoms with van der Waals surface area (Å²) < 4.78 is 4.68. The van der Waals surface area contributed by atoms with Crippen LogP contribution in [0.4, 0.5) is 0 Å². The summed E-state index contributed by atoms with van der Waals surface area (Å²) in [6, 6.07) is 6.29. The second kappa shape index (κ2) is 4.62. The Labute approximate surface area is 76.9 Å². The van der Waals surface area contributed by atoms with Crippen molar-refractivity contribution >= 4 is 18.3 Å². The lowest BCUT2D eigenvalue weighted by atomic mass is 10.2. The molecule has 0 atom stereocenters. The van der Waals surface area contributed by atoms with E-state index in [1.54, 1.807) is 12.1 Å². The second-order valence-electron chi connectivity index (χ2n) is 2.08. The number of methoxy groups -OCH3 is 1. The lowest BCUT2D eigenvalue weighted by Crippen LogP contribution is -1.99.